The molecular weight excluding hydrogens is 431 g/mol. The van der Waals surface area contributed by atoms with Crippen molar-refractivity contribution in [1.29, 1.82) is 0 Å². The van der Waals surface area contributed by atoms with Gasteiger partial charge in [-0.1, -0.05) is 0 Å². The monoisotopic (exact) mass is 453 g/mol. The molecule has 3 rings (SSSR count). The average Bonchev–Trinajstić information content (AvgIpc) is 3.42. The van der Waals surface area contributed by atoms with Crippen LogP contribution in [0.1, 0.15) is 28.8 Å². The van der Waals surface area contributed by atoms with Crippen LogP contribution < -0.4 is 14.4 Å². The molecule has 0 aliphatic carbocycles. The molecule has 1 unspecified atom stereocenters. The zero-order chi connectivity index (χ0) is 22.8. The number of carbonyl (C=O) groups is 1. The lowest BCUT2D eigenvalue weighted by molar-refractivity contribution is -0.176. The van der Waals surface area contributed by atoms with Crippen LogP contribution in [0.15, 0.2) is 23.6 Å². The van der Waals surface area contributed by atoms with E-state index >= 15 is 0 Å². The molecule has 166 valence electrons. The van der Waals surface area contributed by atoms with Crippen molar-refractivity contribution in [3.63, 3.8) is 0 Å². The van der Waals surface area contributed by atoms with E-state index < -0.39 is 24.2 Å². The molecule has 2 atom stereocenters. The number of hydrogen-bond donors (Lipinski definition) is 0. The van der Waals surface area contributed by atoms with Crippen molar-refractivity contribution in [2.24, 2.45) is 0 Å². The van der Waals surface area contributed by atoms with Gasteiger partial charge < -0.3 is 14.4 Å². The summed E-state index contributed by atoms with van der Waals surface area (Å²) in [4.78, 5) is 20.4. The van der Waals surface area contributed by atoms with E-state index in [0.29, 0.717) is 28.6 Å². The fraction of sp³-hybridized carbons (Fsp3) is 0.429. The first-order chi connectivity index (χ1) is 14.7. The predicted molar refractivity (Wildman–Crippen MR) is 112 cm³/mol. The smallest absolute Gasteiger partial charge is 0.403 e. The number of methoxy groups -OCH3 is 2. The average molecular weight is 453 g/mol. The molecule has 0 spiro atoms. The highest BCUT2D eigenvalue weighted by atomic mass is 32.1. The maximum Gasteiger partial charge on any atom is 0.403 e. The van der Waals surface area contributed by atoms with Crippen LogP contribution in [0.2, 0.25) is 0 Å². The van der Waals surface area contributed by atoms with Crippen LogP contribution in [0.5, 0.6) is 11.5 Å². The second-order valence-corrected chi connectivity index (χ2v) is 7.94. The van der Waals surface area contributed by atoms with Gasteiger partial charge in [0.1, 0.15) is 23.2 Å². The lowest BCUT2D eigenvalue weighted by Crippen LogP contribution is -2.46. The number of hydrogen-bond acceptors (Lipinski definition) is 6. The van der Waals surface area contributed by atoms with Crippen molar-refractivity contribution in [3.8, 4) is 23.8 Å². The Morgan fingerprint density at radius 3 is 2.48 bits per heavy atom. The summed E-state index contributed by atoms with van der Waals surface area (Å²) in [6, 6.07) is 2.83. The molecule has 1 aliphatic rings. The van der Waals surface area contributed by atoms with Crippen LogP contribution in [-0.4, -0.2) is 61.4 Å². The second-order valence-electron chi connectivity index (χ2n) is 7.08. The Labute approximate surface area is 182 Å². The van der Waals surface area contributed by atoms with E-state index in [1.807, 2.05) is 0 Å². The van der Waals surface area contributed by atoms with Gasteiger partial charge in [0.05, 0.1) is 25.9 Å². The van der Waals surface area contributed by atoms with Crippen molar-refractivity contribution < 1.29 is 27.4 Å². The highest BCUT2D eigenvalue weighted by Crippen LogP contribution is 2.34. The molecule has 1 aromatic heterocycles. The molecule has 1 fully saturated rings. The van der Waals surface area contributed by atoms with Crippen molar-refractivity contribution in [2.45, 2.75) is 31.6 Å². The van der Waals surface area contributed by atoms with Gasteiger partial charge in [-0.25, -0.2) is 4.98 Å². The van der Waals surface area contributed by atoms with Crippen molar-refractivity contribution in [2.75, 3.05) is 32.2 Å². The number of alkyl halides is 3. The van der Waals surface area contributed by atoms with Gasteiger partial charge in [0.2, 0.25) is 0 Å². The summed E-state index contributed by atoms with van der Waals surface area (Å²) in [7, 11) is 2.96. The number of thiazole rings is 1. The van der Waals surface area contributed by atoms with E-state index in [9.17, 15) is 18.0 Å². The van der Waals surface area contributed by atoms with E-state index in [1.165, 1.54) is 24.0 Å². The Balaban J connectivity index is 2.00. The van der Waals surface area contributed by atoms with Crippen LogP contribution in [0, 0.1) is 12.3 Å². The lowest BCUT2D eigenvalue weighted by Gasteiger charge is -2.31. The van der Waals surface area contributed by atoms with Crippen LogP contribution >= 0.6 is 11.3 Å². The number of ether oxygens (including phenoxy) is 2. The Bertz CT molecular complexity index is 964. The molecule has 1 aromatic carbocycles. The van der Waals surface area contributed by atoms with E-state index in [1.54, 1.807) is 23.6 Å². The molecule has 0 saturated carbocycles. The van der Waals surface area contributed by atoms with Gasteiger partial charge in [-0.2, -0.15) is 13.2 Å². The Morgan fingerprint density at radius 1 is 1.32 bits per heavy atom. The number of amides is 1. The molecule has 1 saturated heterocycles. The van der Waals surface area contributed by atoms with Gasteiger partial charge in [0.15, 0.2) is 5.01 Å². The maximum absolute atomic E-state index is 13.4. The molecule has 0 radical (unpaired) electrons. The molecule has 1 amide bonds. The van der Waals surface area contributed by atoms with Crippen molar-refractivity contribution in [1.82, 2.24) is 9.88 Å². The first-order valence-electron chi connectivity index (χ1n) is 9.47. The standard InChI is InChI=1S/C21H22F3N3O3S/c1-5-19-25-18(12-31-19)20(28)27(15-8-16(29-3)10-17(9-15)30-4)14-6-7-26(11-14)13(2)21(22,23)24/h1,8-10,12-14H,6-7,11H2,2-4H3/t13?,14-/m1/s1. The van der Waals surface area contributed by atoms with E-state index in [0.717, 1.165) is 18.3 Å². The lowest BCUT2D eigenvalue weighted by atomic mass is 10.1. The second kappa shape index (κ2) is 9.16. The van der Waals surface area contributed by atoms with E-state index in [-0.39, 0.29) is 18.8 Å². The summed E-state index contributed by atoms with van der Waals surface area (Å²) in [5, 5.41) is 1.90. The van der Waals surface area contributed by atoms with Crippen LogP contribution in [0.3, 0.4) is 0 Å². The summed E-state index contributed by atoms with van der Waals surface area (Å²) < 4.78 is 50.3. The predicted octanol–water partition coefficient (Wildman–Crippen LogP) is 3.81. The number of terminal acetylenes is 1. The van der Waals surface area contributed by atoms with Gasteiger partial charge in [-0.15, -0.1) is 17.8 Å². The minimum Gasteiger partial charge on any atom is -0.497 e. The summed E-state index contributed by atoms with van der Waals surface area (Å²) in [5.74, 6) is 2.85. The van der Waals surface area contributed by atoms with Crippen LogP contribution in [0.4, 0.5) is 18.9 Å². The fourth-order valence-corrected chi connectivity index (χ4v) is 4.12. The third kappa shape index (κ3) is 4.94. The Kier molecular flexibility index (Phi) is 6.77. The quantitative estimate of drug-likeness (QED) is 0.623. The van der Waals surface area contributed by atoms with Crippen LogP contribution in [-0.2, 0) is 0 Å². The number of rotatable bonds is 6. The maximum atomic E-state index is 13.4. The van der Waals surface area contributed by atoms with Gasteiger partial charge in [0.25, 0.3) is 5.91 Å². The first kappa shape index (κ1) is 22.9. The third-order valence-corrected chi connectivity index (χ3v) is 6.03. The molecule has 10 heteroatoms. The SMILES string of the molecule is C#Cc1nc(C(=O)N(c2cc(OC)cc(OC)c2)[C@@H]2CCN(C(C)C(F)(F)F)C2)cs1. The summed E-state index contributed by atoms with van der Waals surface area (Å²) in [6.45, 7) is 1.41. The summed E-state index contributed by atoms with van der Waals surface area (Å²) in [6.07, 6.45) is 1.39. The number of nitrogens with zero attached hydrogens (tertiary/aromatic N) is 3. The Hall–Kier alpha value is -2.77. The first-order valence-corrected chi connectivity index (χ1v) is 10.4. The zero-order valence-corrected chi connectivity index (χ0v) is 18.1. The fourth-order valence-electron chi connectivity index (χ4n) is 3.52. The summed E-state index contributed by atoms with van der Waals surface area (Å²) >= 11 is 1.15. The zero-order valence-electron chi connectivity index (χ0n) is 17.3. The summed E-state index contributed by atoms with van der Waals surface area (Å²) in [5.41, 5.74) is 0.588. The molecule has 6 nitrogen and oxygen atoms in total. The normalized spacial score (nSPS) is 17.8. The highest BCUT2D eigenvalue weighted by molar-refractivity contribution is 7.10. The molecule has 1 aliphatic heterocycles. The molecule has 0 N–H and O–H groups in total. The topological polar surface area (TPSA) is 54.9 Å². The van der Waals surface area contributed by atoms with Gasteiger partial charge in [0, 0.05) is 36.7 Å². The van der Waals surface area contributed by atoms with Gasteiger partial charge in [-0.3, -0.25) is 9.69 Å². The third-order valence-electron chi connectivity index (χ3n) is 5.26. The molecule has 0 bridgehead atoms. The van der Waals surface area contributed by atoms with Gasteiger partial charge in [-0.05, 0) is 19.3 Å². The number of benzene rings is 1. The minimum atomic E-state index is -4.35. The number of aromatic nitrogens is 1. The largest absolute Gasteiger partial charge is 0.497 e. The van der Waals surface area contributed by atoms with E-state index in [4.69, 9.17) is 15.9 Å². The Morgan fingerprint density at radius 2 is 1.97 bits per heavy atom. The number of carbonyl (C=O) groups excluding carboxylic acids is 1. The minimum absolute atomic E-state index is 0.0675. The molecule has 2 aromatic rings. The van der Waals surface area contributed by atoms with Crippen molar-refractivity contribution >= 4 is 22.9 Å². The molecule has 2 heterocycles. The van der Waals surface area contributed by atoms with Crippen LogP contribution in [0.25, 0.3) is 0 Å². The number of anilines is 1. The highest BCUT2D eigenvalue weighted by Gasteiger charge is 2.44. The van der Waals surface area contributed by atoms with E-state index in [2.05, 4.69) is 10.9 Å². The van der Waals surface area contributed by atoms with Crippen molar-refractivity contribution in [3.05, 3.63) is 34.3 Å². The molecular formula is C21H22F3N3O3S. The molecule has 31 heavy (non-hydrogen) atoms. The van der Waals surface area contributed by atoms with Gasteiger partial charge >= 0.3 is 6.18 Å². The number of halogens is 3. The number of likely N-dealkylation sites (tertiary alicyclic amines) is 1.